The summed E-state index contributed by atoms with van der Waals surface area (Å²) in [6, 6.07) is 12.4. The van der Waals surface area contributed by atoms with Crippen LogP contribution in [0.1, 0.15) is 145 Å². The lowest BCUT2D eigenvalue weighted by molar-refractivity contribution is 0.0289. The van der Waals surface area contributed by atoms with Crippen LogP contribution in [0.5, 0.6) is 0 Å². The van der Waals surface area contributed by atoms with Crippen molar-refractivity contribution in [2.45, 2.75) is 124 Å². The zero-order valence-electron chi connectivity index (χ0n) is 36.5. The van der Waals surface area contributed by atoms with Gasteiger partial charge in [-0.3, -0.25) is 33.2 Å². The van der Waals surface area contributed by atoms with Crippen molar-refractivity contribution in [2.24, 2.45) is 11.8 Å². The van der Waals surface area contributed by atoms with Crippen LogP contribution in [0.4, 0.5) is 0 Å². The van der Waals surface area contributed by atoms with Crippen molar-refractivity contribution in [3.05, 3.63) is 70.0 Å². The van der Waals surface area contributed by atoms with Gasteiger partial charge in [0, 0.05) is 131 Å². The van der Waals surface area contributed by atoms with E-state index in [1.165, 1.54) is 11.1 Å². The molecule has 4 aromatic rings. The molecule has 0 spiro atoms. The van der Waals surface area contributed by atoms with Crippen LogP contribution in [-0.2, 0) is 30.7 Å². The first-order chi connectivity index (χ1) is 29.2. The number of hydrogen-bond donors (Lipinski definition) is 1. The minimum Gasteiger partial charge on any atom is -0.381 e. The highest BCUT2D eigenvalue weighted by Crippen LogP contribution is 2.35. The largest absolute Gasteiger partial charge is 0.381 e. The maximum Gasteiger partial charge on any atom is 0.253 e. The second kappa shape index (κ2) is 18.7. The number of amides is 2. The first kappa shape index (κ1) is 42.4. The number of benzene rings is 2. The third-order valence-electron chi connectivity index (χ3n) is 14.0. The number of piperidine rings is 2. The van der Waals surface area contributed by atoms with E-state index in [2.05, 4.69) is 37.1 Å². The number of aromatic nitrogens is 2. The van der Waals surface area contributed by atoms with Crippen LogP contribution in [0.15, 0.2) is 36.4 Å². The number of ether oxygens (including phenoxy) is 1. The molecule has 3 saturated heterocycles. The molecule has 0 radical (unpaired) electrons. The van der Waals surface area contributed by atoms with Crippen LogP contribution < -0.4 is 5.32 Å². The Kier molecular flexibility index (Phi) is 13.2. The molecule has 11 nitrogen and oxygen atoms in total. The molecule has 0 saturated carbocycles. The summed E-state index contributed by atoms with van der Waals surface area (Å²) in [6.07, 6.45) is 11.0. The summed E-state index contributed by atoms with van der Waals surface area (Å²) in [4.78, 5) is 58.7. The van der Waals surface area contributed by atoms with E-state index < -0.39 is 0 Å². The summed E-state index contributed by atoms with van der Waals surface area (Å²) in [5.41, 5.74) is 8.12. The number of rotatable bonds is 7. The van der Waals surface area contributed by atoms with Crippen LogP contribution >= 0.6 is 0 Å². The molecule has 3 fully saturated rings. The minimum absolute atomic E-state index is 0.119. The van der Waals surface area contributed by atoms with Crippen molar-refractivity contribution in [1.82, 2.24) is 29.2 Å². The van der Waals surface area contributed by atoms with E-state index in [-0.39, 0.29) is 23.6 Å². The van der Waals surface area contributed by atoms with Crippen molar-refractivity contribution in [3.8, 4) is 0 Å². The Hall–Kier alpha value is -4.32. The first-order valence-corrected chi connectivity index (χ1v) is 23.2. The number of carbonyl (C=O) groups is 4. The predicted octanol–water partition coefficient (Wildman–Crippen LogP) is 8.09. The summed E-state index contributed by atoms with van der Waals surface area (Å²) in [5, 5.41) is 5.55. The quantitative estimate of drug-likeness (QED) is 0.201. The lowest BCUT2D eigenvalue weighted by atomic mass is 9.97. The van der Waals surface area contributed by atoms with Crippen LogP contribution in [0, 0.1) is 11.8 Å². The minimum atomic E-state index is 0.119. The Balaban J connectivity index is 0.000000170. The van der Waals surface area contributed by atoms with Gasteiger partial charge in [0.15, 0.2) is 0 Å². The molecular weight excluding hydrogens is 753 g/mol. The molecule has 2 aromatic carbocycles. The van der Waals surface area contributed by atoms with Gasteiger partial charge in [0.1, 0.15) is 0 Å². The zero-order chi connectivity index (χ0) is 41.9. The fraction of sp³-hybridized carbons (Fsp3) is 0.592. The van der Waals surface area contributed by atoms with Gasteiger partial charge in [-0.05, 0) is 111 Å². The van der Waals surface area contributed by atoms with E-state index in [9.17, 15) is 19.2 Å². The molecule has 1 N–H and O–H groups in total. The number of nitrogens with zero attached hydrogens (tertiary/aromatic N) is 5. The number of likely N-dealkylation sites (tertiary alicyclic amines) is 2. The average Bonchev–Trinajstić information content (AvgIpc) is 3.79. The lowest BCUT2D eigenvalue weighted by Gasteiger charge is -2.37. The average molecular weight is 819 g/mol. The van der Waals surface area contributed by atoms with E-state index in [0.717, 1.165) is 174 Å². The molecule has 322 valence electrons. The molecule has 9 rings (SSSR count). The summed E-state index contributed by atoms with van der Waals surface area (Å²) in [6.45, 7) is 17.1. The highest BCUT2D eigenvalue weighted by molar-refractivity contribution is 6.03. The molecule has 11 heteroatoms. The Labute approximate surface area is 355 Å². The van der Waals surface area contributed by atoms with Gasteiger partial charge in [-0.25, -0.2) is 0 Å². The zero-order valence-corrected chi connectivity index (χ0v) is 36.5. The van der Waals surface area contributed by atoms with Gasteiger partial charge < -0.3 is 19.9 Å². The Morgan fingerprint density at radius 1 is 0.650 bits per heavy atom. The SMILES string of the molecule is CCCC(=O)n1c2c(c3cc(C(=O)N4CCC(C)CC4)ccc31)CN(C1CCOCC1)CC2.CCCC(=O)n1c2c(c3cc(C(=O)N4CCC(C)CC4)ccc31)CNCC2. The number of fused-ring (bicyclic) bond motifs is 6. The smallest absolute Gasteiger partial charge is 0.253 e. The van der Waals surface area contributed by atoms with E-state index in [1.807, 2.05) is 56.2 Å². The third kappa shape index (κ3) is 8.59. The molecule has 0 atom stereocenters. The van der Waals surface area contributed by atoms with Gasteiger partial charge in [-0.15, -0.1) is 0 Å². The summed E-state index contributed by atoms with van der Waals surface area (Å²) in [5.74, 6) is 1.98. The lowest BCUT2D eigenvalue weighted by Crippen LogP contribution is -2.42. The fourth-order valence-electron chi connectivity index (χ4n) is 10.3. The molecule has 2 amide bonds. The van der Waals surface area contributed by atoms with Crippen molar-refractivity contribution >= 4 is 45.4 Å². The summed E-state index contributed by atoms with van der Waals surface area (Å²) >= 11 is 0. The van der Waals surface area contributed by atoms with Crippen molar-refractivity contribution in [2.75, 3.05) is 52.5 Å². The monoisotopic (exact) mass is 819 g/mol. The van der Waals surface area contributed by atoms with Crippen LogP contribution in [0.25, 0.3) is 21.8 Å². The van der Waals surface area contributed by atoms with Crippen LogP contribution in [0.2, 0.25) is 0 Å². The topological polar surface area (TPSA) is 109 Å². The summed E-state index contributed by atoms with van der Waals surface area (Å²) in [7, 11) is 0. The molecule has 0 unspecified atom stereocenters. The maximum absolute atomic E-state index is 13.3. The third-order valence-corrected chi connectivity index (χ3v) is 14.0. The summed E-state index contributed by atoms with van der Waals surface area (Å²) < 4.78 is 9.45. The molecule has 5 aliphatic heterocycles. The predicted molar refractivity (Wildman–Crippen MR) is 237 cm³/mol. The molecule has 7 heterocycles. The second-order valence-corrected chi connectivity index (χ2v) is 18.2. The Morgan fingerprint density at radius 3 is 1.67 bits per heavy atom. The number of hydrogen-bond acceptors (Lipinski definition) is 7. The van der Waals surface area contributed by atoms with Gasteiger partial charge in [0.25, 0.3) is 11.8 Å². The number of carbonyl (C=O) groups excluding carboxylic acids is 4. The first-order valence-electron chi connectivity index (χ1n) is 23.2. The highest BCUT2D eigenvalue weighted by Gasteiger charge is 2.32. The van der Waals surface area contributed by atoms with Gasteiger partial charge in [-0.1, -0.05) is 27.7 Å². The van der Waals surface area contributed by atoms with E-state index in [4.69, 9.17) is 4.74 Å². The Bertz CT molecular complexity index is 2220. The van der Waals surface area contributed by atoms with Crippen molar-refractivity contribution in [1.29, 1.82) is 0 Å². The van der Waals surface area contributed by atoms with Crippen molar-refractivity contribution < 1.29 is 23.9 Å². The highest BCUT2D eigenvalue weighted by atomic mass is 16.5. The normalized spacial score (nSPS) is 19.5. The maximum atomic E-state index is 13.3. The van der Waals surface area contributed by atoms with Crippen LogP contribution in [-0.4, -0.2) is 106 Å². The van der Waals surface area contributed by atoms with E-state index >= 15 is 0 Å². The van der Waals surface area contributed by atoms with E-state index in [0.29, 0.717) is 30.7 Å². The van der Waals surface area contributed by atoms with E-state index in [1.54, 1.807) is 0 Å². The molecule has 0 aliphatic carbocycles. The molecule has 0 bridgehead atoms. The molecule has 60 heavy (non-hydrogen) atoms. The molecule has 5 aliphatic rings. The fourth-order valence-corrected chi connectivity index (χ4v) is 10.3. The van der Waals surface area contributed by atoms with Crippen LogP contribution in [0.3, 0.4) is 0 Å². The van der Waals surface area contributed by atoms with Crippen molar-refractivity contribution in [3.63, 3.8) is 0 Å². The van der Waals surface area contributed by atoms with Gasteiger partial charge in [0.2, 0.25) is 11.8 Å². The van der Waals surface area contributed by atoms with Gasteiger partial charge in [-0.2, -0.15) is 0 Å². The number of nitrogens with one attached hydrogen (secondary N) is 1. The molecule has 2 aromatic heterocycles. The van der Waals surface area contributed by atoms with Gasteiger partial charge in [0.05, 0.1) is 11.0 Å². The Morgan fingerprint density at radius 2 is 1.15 bits per heavy atom. The standard InChI is InChI=1S/C27H37N3O3.C22H29N3O2/c1-3-4-26(31)30-24-6-5-20(27(32)28-12-7-19(2)8-13-28)17-22(24)23-18-29(14-9-25(23)30)21-10-15-33-16-11-21;1-3-4-21(26)25-19-6-5-16(22(27)24-11-8-15(2)9-12-24)13-17(19)18-14-23-10-7-20(18)25/h5-6,17,19,21H,3-4,7-16,18H2,1-2H3;5-6,13,15,23H,3-4,7-12,14H2,1-2H3. The molecular formula is C49H66N6O5. The second-order valence-electron chi connectivity index (χ2n) is 18.2. The van der Waals surface area contributed by atoms with Gasteiger partial charge >= 0.3 is 0 Å².